The molecule has 4 rings (SSSR count). The fourth-order valence-electron chi connectivity index (χ4n) is 4.85. The molecule has 0 aromatic heterocycles. The third kappa shape index (κ3) is 2.84. The van der Waals surface area contributed by atoms with Gasteiger partial charge in [0.15, 0.2) is 5.78 Å². The summed E-state index contributed by atoms with van der Waals surface area (Å²) in [7, 11) is 2.17. The van der Waals surface area contributed by atoms with Crippen LogP contribution in [0.15, 0.2) is 23.8 Å². The summed E-state index contributed by atoms with van der Waals surface area (Å²) < 4.78 is 0. The van der Waals surface area contributed by atoms with Gasteiger partial charge in [-0.1, -0.05) is 18.9 Å². The molecule has 0 spiro atoms. The molecule has 122 valence electrons. The number of allylic oxidation sites excluding steroid dienone is 1. The largest absolute Gasteiger partial charge is 0.374 e. The number of ketones is 1. The lowest BCUT2D eigenvalue weighted by atomic mass is 9.88. The molecule has 0 bridgehead atoms. The van der Waals surface area contributed by atoms with Crippen LogP contribution in [-0.4, -0.2) is 19.4 Å². The van der Waals surface area contributed by atoms with Crippen molar-refractivity contribution in [2.45, 2.75) is 51.4 Å². The molecule has 0 amide bonds. The molecule has 2 fully saturated rings. The molecule has 0 saturated heterocycles. The maximum atomic E-state index is 12.8. The molecule has 2 heteroatoms. The van der Waals surface area contributed by atoms with E-state index in [-0.39, 0.29) is 0 Å². The first-order valence-electron chi connectivity index (χ1n) is 9.31. The van der Waals surface area contributed by atoms with Crippen molar-refractivity contribution in [3.8, 4) is 0 Å². The van der Waals surface area contributed by atoms with E-state index in [2.05, 4.69) is 36.2 Å². The summed E-state index contributed by atoms with van der Waals surface area (Å²) in [6.45, 7) is 1.15. The summed E-state index contributed by atoms with van der Waals surface area (Å²) in [6.07, 6.45) is 11.8. The van der Waals surface area contributed by atoms with E-state index in [9.17, 15) is 4.79 Å². The van der Waals surface area contributed by atoms with Crippen LogP contribution in [0.1, 0.15) is 56.1 Å². The molecule has 1 heterocycles. The molecule has 1 aromatic rings. The summed E-state index contributed by atoms with van der Waals surface area (Å²) in [5.74, 6) is 1.45. The second-order valence-corrected chi connectivity index (χ2v) is 7.64. The number of Topliss-reactive ketones (excluding diaryl/α,β-unsaturated/α-hetero) is 1. The Morgan fingerprint density at radius 3 is 2.74 bits per heavy atom. The Balaban J connectivity index is 1.55. The van der Waals surface area contributed by atoms with Crippen LogP contribution in [0.25, 0.3) is 6.08 Å². The fraction of sp³-hybridized carbons (Fsp3) is 0.571. The van der Waals surface area contributed by atoms with Gasteiger partial charge < -0.3 is 4.90 Å². The van der Waals surface area contributed by atoms with Crippen LogP contribution in [0.2, 0.25) is 0 Å². The highest BCUT2D eigenvalue weighted by molar-refractivity contribution is 6.03. The number of rotatable bonds is 2. The average molecular weight is 309 g/mol. The van der Waals surface area contributed by atoms with Crippen molar-refractivity contribution in [1.82, 2.24) is 0 Å². The smallest absolute Gasteiger partial charge is 0.162 e. The quantitative estimate of drug-likeness (QED) is 0.743. The third-order valence-electron chi connectivity index (χ3n) is 6.14. The van der Waals surface area contributed by atoms with Crippen molar-refractivity contribution in [3.63, 3.8) is 0 Å². The Morgan fingerprint density at radius 2 is 1.91 bits per heavy atom. The van der Waals surface area contributed by atoms with Crippen LogP contribution in [-0.2, 0) is 11.2 Å². The van der Waals surface area contributed by atoms with Crippen LogP contribution in [0, 0.1) is 11.8 Å². The monoisotopic (exact) mass is 309 g/mol. The Hall–Kier alpha value is -1.57. The summed E-state index contributed by atoms with van der Waals surface area (Å²) in [5.41, 5.74) is 5.09. The third-order valence-corrected chi connectivity index (χ3v) is 6.14. The summed E-state index contributed by atoms with van der Waals surface area (Å²) in [5, 5.41) is 0. The highest BCUT2D eigenvalue weighted by Gasteiger charge is 2.36. The van der Waals surface area contributed by atoms with E-state index < -0.39 is 0 Å². The van der Waals surface area contributed by atoms with E-state index in [1.165, 1.54) is 48.9 Å². The van der Waals surface area contributed by atoms with Crippen molar-refractivity contribution < 1.29 is 4.79 Å². The number of carbonyl (C=O) groups is 1. The van der Waals surface area contributed by atoms with Crippen LogP contribution in [0.3, 0.4) is 0 Å². The van der Waals surface area contributed by atoms with Crippen molar-refractivity contribution in [1.29, 1.82) is 0 Å². The van der Waals surface area contributed by atoms with Crippen molar-refractivity contribution in [2.24, 2.45) is 11.8 Å². The average Bonchev–Trinajstić information content (AvgIpc) is 3.18. The zero-order valence-electron chi connectivity index (χ0n) is 14.2. The van der Waals surface area contributed by atoms with Crippen LogP contribution < -0.4 is 4.90 Å². The van der Waals surface area contributed by atoms with Gasteiger partial charge in [-0.15, -0.1) is 0 Å². The van der Waals surface area contributed by atoms with Gasteiger partial charge in [0.05, 0.1) is 0 Å². The zero-order valence-corrected chi connectivity index (χ0v) is 14.2. The molecule has 1 aliphatic heterocycles. The molecule has 3 aliphatic rings. The molecule has 0 radical (unpaired) electrons. The molecule has 2 nitrogen and oxygen atoms in total. The predicted octanol–water partition coefficient (Wildman–Crippen LogP) is 4.62. The van der Waals surface area contributed by atoms with E-state index in [1.807, 2.05) is 0 Å². The first-order chi connectivity index (χ1) is 11.2. The summed E-state index contributed by atoms with van der Waals surface area (Å²) in [6, 6.07) is 6.72. The normalized spacial score (nSPS) is 27.0. The number of hydrogen-bond acceptors (Lipinski definition) is 2. The van der Waals surface area contributed by atoms with E-state index in [1.54, 1.807) is 0 Å². The number of fused-ring (bicyclic) bond motifs is 1. The minimum atomic E-state index is 0.326. The molecule has 23 heavy (non-hydrogen) atoms. The van der Waals surface area contributed by atoms with E-state index in [4.69, 9.17) is 0 Å². The Morgan fingerprint density at radius 1 is 1.09 bits per heavy atom. The van der Waals surface area contributed by atoms with Crippen LogP contribution in [0.4, 0.5) is 5.69 Å². The van der Waals surface area contributed by atoms with Crippen molar-refractivity contribution in [2.75, 3.05) is 18.5 Å². The number of anilines is 1. The van der Waals surface area contributed by atoms with Gasteiger partial charge in [-0.25, -0.2) is 0 Å². The second kappa shape index (κ2) is 6.14. The lowest BCUT2D eigenvalue weighted by Crippen LogP contribution is -2.24. The van der Waals surface area contributed by atoms with Crippen LogP contribution >= 0.6 is 0 Å². The predicted molar refractivity (Wildman–Crippen MR) is 95.7 cm³/mol. The topological polar surface area (TPSA) is 20.3 Å². The number of nitrogens with zero attached hydrogens (tertiary/aromatic N) is 1. The SMILES string of the molecule is CN1CCCc2cc(/C=C3\CC[C@H](C4CCCC4)C3=O)ccc21. The first-order valence-corrected chi connectivity index (χ1v) is 9.31. The molecule has 2 aliphatic carbocycles. The van der Waals surface area contributed by atoms with E-state index in [0.717, 1.165) is 31.4 Å². The highest BCUT2D eigenvalue weighted by atomic mass is 16.1. The molecule has 1 aromatic carbocycles. The standard InChI is InChI=1S/C21H27NO/c1-22-12-4-7-17-13-15(8-11-20(17)22)14-18-9-10-19(21(18)23)16-5-2-3-6-16/h8,11,13-14,16,19H,2-7,9-10,12H2,1H3/b18-14+/t19-/m1/s1. The number of aryl methyl sites for hydroxylation is 1. The fourth-order valence-corrected chi connectivity index (χ4v) is 4.85. The Kier molecular flexibility index (Phi) is 4.00. The minimum Gasteiger partial charge on any atom is -0.374 e. The van der Waals surface area contributed by atoms with Crippen molar-refractivity contribution >= 4 is 17.5 Å². The molecular weight excluding hydrogens is 282 g/mol. The van der Waals surface area contributed by atoms with Gasteiger partial charge in [0, 0.05) is 25.2 Å². The van der Waals surface area contributed by atoms with Crippen LogP contribution in [0.5, 0.6) is 0 Å². The van der Waals surface area contributed by atoms with Crippen molar-refractivity contribution in [3.05, 3.63) is 34.9 Å². The molecule has 1 atom stereocenters. The molecule has 0 unspecified atom stereocenters. The van der Waals surface area contributed by atoms with Gasteiger partial charge in [0.2, 0.25) is 0 Å². The summed E-state index contributed by atoms with van der Waals surface area (Å²) in [4.78, 5) is 15.1. The zero-order chi connectivity index (χ0) is 15.8. The Bertz CT molecular complexity index is 639. The number of benzene rings is 1. The van der Waals surface area contributed by atoms with Gasteiger partial charge in [-0.2, -0.15) is 0 Å². The number of hydrogen-bond donors (Lipinski definition) is 0. The highest BCUT2D eigenvalue weighted by Crippen LogP contribution is 2.41. The first kappa shape index (κ1) is 15.0. The molecule has 2 saturated carbocycles. The van der Waals surface area contributed by atoms with Gasteiger partial charge in [-0.3, -0.25) is 4.79 Å². The van der Waals surface area contributed by atoms with E-state index in [0.29, 0.717) is 17.6 Å². The van der Waals surface area contributed by atoms with Gasteiger partial charge in [0.25, 0.3) is 0 Å². The minimum absolute atomic E-state index is 0.326. The maximum Gasteiger partial charge on any atom is 0.162 e. The summed E-state index contributed by atoms with van der Waals surface area (Å²) >= 11 is 0. The lowest BCUT2D eigenvalue weighted by molar-refractivity contribution is -0.119. The second-order valence-electron chi connectivity index (χ2n) is 7.64. The van der Waals surface area contributed by atoms with E-state index >= 15 is 0 Å². The maximum absolute atomic E-state index is 12.8. The molecular formula is C21H27NO. The molecule has 0 N–H and O–H groups in total. The number of carbonyl (C=O) groups excluding carboxylic acids is 1. The lowest BCUT2D eigenvalue weighted by Gasteiger charge is -2.27. The Labute approximate surface area is 139 Å². The van der Waals surface area contributed by atoms with Gasteiger partial charge in [0.1, 0.15) is 0 Å². The van der Waals surface area contributed by atoms with Gasteiger partial charge >= 0.3 is 0 Å². The van der Waals surface area contributed by atoms with Gasteiger partial charge in [-0.05, 0) is 79.4 Å².